The summed E-state index contributed by atoms with van der Waals surface area (Å²) < 4.78 is 49.0. The summed E-state index contributed by atoms with van der Waals surface area (Å²) in [4.78, 5) is 6.71. The number of ether oxygens (including phenoxy) is 1. The Morgan fingerprint density at radius 3 is 2.40 bits per heavy atom. The number of benzene rings is 1. The zero-order chi connectivity index (χ0) is 18.0. The first kappa shape index (κ1) is 17.9. The topological polar surface area (TPSA) is 38.5 Å². The van der Waals surface area contributed by atoms with E-state index in [2.05, 4.69) is 9.88 Å². The predicted molar refractivity (Wildman–Crippen MR) is 87.0 cm³/mol. The maximum absolute atomic E-state index is 12.7. The van der Waals surface area contributed by atoms with E-state index < -0.39 is 11.7 Å². The van der Waals surface area contributed by atoms with Gasteiger partial charge in [0, 0.05) is 31.4 Å². The van der Waals surface area contributed by atoms with Crippen LogP contribution in [0.3, 0.4) is 0 Å². The highest BCUT2D eigenvalue weighted by atomic mass is 19.4. The third kappa shape index (κ3) is 4.22. The SMILES string of the molecule is Cc1oc(-c2ccc(C(F)(F)F)cc2)nc1CN(C)C1CCOCC1. The lowest BCUT2D eigenvalue weighted by Gasteiger charge is -2.30. The molecule has 7 heteroatoms. The molecule has 1 fully saturated rings. The maximum atomic E-state index is 12.7. The quantitative estimate of drug-likeness (QED) is 0.821. The van der Waals surface area contributed by atoms with Gasteiger partial charge in [-0.05, 0) is 51.1 Å². The van der Waals surface area contributed by atoms with Crippen molar-refractivity contribution in [1.29, 1.82) is 0 Å². The van der Waals surface area contributed by atoms with Crippen molar-refractivity contribution < 1.29 is 22.3 Å². The number of nitrogens with zero attached hydrogens (tertiary/aromatic N) is 2. The number of oxazole rings is 1. The Kier molecular flexibility index (Phi) is 5.15. The Morgan fingerprint density at radius 2 is 1.80 bits per heavy atom. The van der Waals surface area contributed by atoms with Crippen molar-refractivity contribution in [1.82, 2.24) is 9.88 Å². The highest BCUT2D eigenvalue weighted by molar-refractivity contribution is 5.54. The third-order valence-electron chi connectivity index (χ3n) is 4.57. The van der Waals surface area contributed by atoms with Gasteiger partial charge < -0.3 is 9.15 Å². The van der Waals surface area contributed by atoms with E-state index >= 15 is 0 Å². The molecule has 0 bridgehead atoms. The summed E-state index contributed by atoms with van der Waals surface area (Å²) in [5.41, 5.74) is 0.666. The lowest BCUT2D eigenvalue weighted by Crippen LogP contribution is -2.36. The highest BCUT2D eigenvalue weighted by Crippen LogP contribution is 2.31. The fraction of sp³-hybridized carbons (Fsp3) is 0.500. The van der Waals surface area contributed by atoms with Gasteiger partial charge in [0.2, 0.25) is 5.89 Å². The lowest BCUT2D eigenvalue weighted by molar-refractivity contribution is -0.137. The molecule has 0 saturated carbocycles. The van der Waals surface area contributed by atoms with Gasteiger partial charge in [0.05, 0.1) is 11.3 Å². The van der Waals surface area contributed by atoms with E-state index in [-0.39, 0.29) is 0 Å². The molecule has 2 aromatic rings. The number of hydrogen-bond acceptors (Lipinski definition) is 4. The molecule has 4 nitrogen and oxygen atoms in total. The van der Waals surface area contributed by atoms with Crippen molar-refractivity contribution in [2.24, 2.45) is 0 Å². The summed E-state index contributed by atoms with van der Waals surface area (Å²) in [6.45, 7) is 4.00. The van der Waals surface area contributed by atoms with Crippen LogP contribution in [0, 0.1) is 6.92 Å². The second-order valence-corrected chi connectivity index (χ2v) is 6.36. The monoisotopic (exact) mass is 354 g/mol. The smallest absolute Gasteiger partial charge is 0.416 e. The van der Waals surface area contributed by atoms with Crippen LogP contribution in [0.2, 0.25) is 0 Å². The zero-order valence-corrected chi connectivity index (χ0v) is 14.3. The minimum atomic E-state index is -4.34. The van der Waals surface area contributed by atoms with Gasteiger partial charge >= 0.3 is 6.18 Å². The van der Waals surface area contributed by atoms with E-state index in [9.17, 15) is 13.2 Å². The van der Waals surface area contributed by atoms with Gasteiger partial charge in [0.1, 0.15) is 5.76 Å². The Hall–Kier alpha value is -1.86. The average Bonchev–Trinajstić information content (AvgIpc) is 2.96. The van der Waals surface area contributed by atoms with E-state index in [1.807, 2.05) is 14.0 Å². The Labute approximate surface area is 144 Å². The van der Waals surface area contributed by atoms with E-state index in [4.69, 9.17) is 9.15 Å². The van der Waals surface area contributed by atoms with Crippen molar-refractivity contribution in [2.75, 3.05) is 20.3 Å². The highest BCUT2D eigenvalue weighted by Gasteiger charge is 2.30. The van der Waals surface area contributed by atoms with Crippen molar-refractivity contribution >= 4 is 0 Å². The second-order valence-electron chi connectivity index (χ2n) is 6.36. The maximum Gasteiger partial charge on any atom is 0.416 e. The number of aryl methyl sites for hydroxylation is 1. The molecule has 0 atom stereocenters. The molecule has 0 unspecified atom stereocenters. The van der Waals surface area contributed by atoms with E-state index in [0.717, 1.165) is 43.9 Å². The molecular formula is C18H21F3N2O2. The minimum Gasteiger partial charge on any atom is -0.441 e. The van der Waals surface area contributed by atoms with E-state index in [0.29, 0.717) is 29.8 Å². The van der Waals surface area contributed by atoms with Gasteiger partial charge in [-0.15, -0.1) is 0 Å². The summed E-state index contributed by atoms with van der Waals surface area (Å²) in [5, 5.41) is 0. The van der Waals surface area contributed by atoms with Crippen molar-refractivity contribution in [3.05, 3.63) is 41.3 Å². The fourth-order valence-electron chi connectivity index (χ4n) is 2.99. The molecule has 1 aromatic carbocycles. The van der Waals surface area contributed by atoms with E-state index in [1.165, 1.54) is 12.1 Å². The molecule has 0 radical (unpaired) electrons. The minimum absolute atomic E-state index is 0.349. The molecule has 0 aliphatic carbocycles. The molecule has 0 N–H and O–H groups in total. The number of hydrogen-bond donors (Lipinski definition) is 0. The summed E-state index contributed by atoms with van der Waals surface area (Å²) in [5.74, 6) is 1.04. The standard InChI is InChI=1S/C18H21F3N2O2/c1-12-16(11-23(2)15-7-9-24-10-8-15)22-17(25-12)13-3-5-14(6-4-13)18(19,20)21/h3-6,15H,7-11H2,1-2H3. The van der Waals surface area contributed by atoms with Gasteiger partial charge in [-0.2, -0.15) is 13.2 Å². The van der Waals surface area contributed by atoms with Crippen LogP contribution in [0.5, 0.6) is 0 Å². The summed E-state index contributed by atoms with van der Waals surface area (Å²) in [6, 6.07) is 5.31. The van der Waals surface area contributed by atoms with Crippen molar-refractivity contribution in [3.63, 3.8) is 0 Å². The van der Waals surface area contributed by atoms with Crippen molar-refractivity contribution in [2.45, 2.75) is 38.5 Å². The van der Waals surface area contributed by atoms with Gasteiger partial charge in [-0.1, -0.05) is 0 Å². The van der Waals surface area contributed by atoms with Crippen LogP contribution in [0.25, 0.3) is 11.5 Å². The second kappa shape index (κ2) is 7.17. The van der Waals surface area contributed by atoms with Gasteiger partial charge in [-0.3, -0.25) is 4.90 Å². The molecule has 0 amide bonds. The first-order valence-electron chi connectivity index (χ1n) is 8.26. The van der Waals surface area contributed by atoms with Gasteiger partial charge in [0.25, 0.3) is 0 Å². The Balaban J connectivity index is 1.73. The van der Waals surface area contributed by atoms with Gasteiger partial charge in [-0.25, -0.2) is 4.98 Å². The molecule has 1 aromatic heterocycles. The third-order valence-corrected chi connectivity index (χ3v) is 4.57. The van der Waals surface area contributed by atoms with Gasteiger partial charge in [0.15, 0.2) is 0 Å². The molecule has 1 aliphatic heterocycles. The van der Waals surface area contributed by atoms with Crippen LogP contribution >= 0.6 is 0 Å². The first-order valence-corrected chi connectivity index (χ1v) is 8.26. The molecule has 1 aliphatic rings. The molecule has 3 rings (SSSR count). The van der Waals surface area contributed by atoms with E-state index in [1.54, 1.807) is 0 Å². The molecule has 25 heavy (non-hydrogen) atoms. The number of halogens is 3. The number of rotatable bonds is 4. The zero-order valence-electron chi connectivity index (χ0n) is 14.3. The van der Waals surface area contributed by atoms with Crippen LogP contribution in [0.1, 0.15) is 29.9 Å². The lowest BCUT2D eigenvalue weighted by atomic mass is 10.1. The molecule has 2 heterocycles. The fourth-order valence-corrected chi connectivity index (χ4v) is 2.99. The summed E-state index contributed by atoms with van der Waals surface area (Å²) in [6.07, 6.45) is -2.37. The number of aromatic nitrogens is 1. The number of alkyl halides is 3. The predicted octanol–water partition coefficient (Wildman–Crippen LogP) is 4.28. The van der Waals surface area contributed by atoms with Crippen LogP contribution in [-0.2, 0) is 17.5 Å². The van der Waals surface area contributed by atoms with Crippen LogP contribution in [0.15, 0.2) is 28.7 Å². The normalized spacial score (nSPS) is 16.6. The Bertz CT molecular complexity index is 704. The first-order chi connectivity index (χ1) is 11.8. The molecular weight excluding hydrogens is 333 g/mol. The average molecular weight is 354 g/mol. The van der Waals surface area contributed by atoms with Crippen LogP contribution in [0.4, 0.5) is 13.2 Å². The summed E-state index contributed by atoms with van der Waals surface area (Å²) in [7, 11) is 2.04. The van der Waals surface area contributed by atoms with Crippen LogP contribution in [-0.4, -0.2) is 36.2 Å². The molecule has 136 valence electrons. The summed E-state index contributed by atoms with van der Waals surface area (Å²) >= 11 is 0. The van der Waals surface area contributed by atoms with Crippen LogP contribution < -0.4 is 0 Å². The Morgan fingerprint density at radius 1 is 1.16 bits per heavy atom. The molecule has 1 saturated heterocycles. The largest absolute Gasteiger partial charge is 0.441 e. The van der Waals surface area contributed by atoms with Crippen molar-refractivity contribution in [3.8, 4) is 11.5 Å². The molecule has 0 spiro atoms.